The van der Waals surface area contributed by atoms with Gasteiger partial charge in [-0.25, -0.2) is 4.98 Å². The molecule has 0 aliphatic carbocycles. The summed E-state index contributed by atoms with van der Waals surface area (Å²) in [6, 6.07) is 9.62. The summed E-state index contributed by atoms with van der Waals surface area (Å²) < 4.78 is 0. The number of nitrogens with zero attached hydrogens (tertiary/aromatic N) is 4. The number of benzene rings is 1. The van der Waals surface area contributed by atoms with Gasteiger partial charge in [0.2, 0.25) is 5.91 Å². The fourth-order valence-corrected chi connectivity index (χ4v) is 5.75. The van der Waals surface area contributed by atoms with Gasteiger partial charge < -0.3 is 15.5 Å². The molecule has 2 fully saturated rings. The summed E-state index contributed by atoms with van der Waals surface area (Å²) >= 11 is 12.5. The first-order chi connectivity index (χ1) is 16.9. The second-order valence-electron chi connectivity index (χ2n) is 9.38. The number of aromatic nitrogens is 1. The number of hydrogen-bond acceptors (Lipinski definition) is 6. The van der Waals surface area contributed by atoms with Gasteiger partial charge in [0.05, 0.1) is 10.7 Å². The summed E-state index contributed by atoms with van der Waals surface area (Å²) in [4.78, 5) is 27.0. The number of hydrogen-bond donors (Lipinski definition) is 1. The van der Waals surface area contributed by atoms with Gasteiger partial charge >= 0.3 is 0 Å². The lowest BCUT2D eigenvalue weighted by Crippen LogP contribution is -2.46. The molecule has 1 amide bonds. The molecule has 0 saturated carbocycles. The molecule has 1 aromatic heterocycles. The Morgan fingerprint density at radius 2 is 1.77 bits per heavy atom. The van der Waals surface area contributed by atoms with Crippen LogP contribution in [-0.2, 0) is 9.63 Å². The second kappa shape index (κ2) is 11.6. The molecular formula is C26H33Cl2N5O2. The van der Waals surface area contributed by atoms with Crippen LogP contribution in [0.2, 0.25) is 10.0 Å². The lowest BCUT2D eigenvalue weighted by Gasteiger charge is -2.39. The fraction of sp³-hybridized carbons (Fsp3) is 0.500. The first-order valence-corrected chi connectivity index (χ1v) is 12.9. The standard InChI is InChI=1S/C26H33Cl2N5O2/c1-17(20-5-10-30-24(29)15-20)32-11-8-19(9-12-32)26(34)33-13-6-18(7-14-33)25(31-35-2)22-4-3-21(27)16-23(22)28/h3-5,10,15-19H,6-9,11-14H2,1-2H3,(H2,29,30). The molecule has 2 N–H and O–H groups in total. The van der Waals surface area contributed by atoms with E-state index in [1.807, 2.05) is 29.2 Å². The van der Waals surface area contributed by atoms with Gasteiger partial charge in [0, 0.05) is 47.8 Å². The molecule has 0 bridgehead atoms. The van der Waals surface area contributed by atoms with Crippen LogP contribution >= 0.6 is 23.2 Å². The molecule has 188 valence electrons. The van der Waals surface area contributed by atoms with Gasteiger partial charge in [-0.05, 0) is 75.5 Å². The maximum atomic E-state index is 13.3. The van der Waals surface area contributed by atoms with Crippen molar-refractivity contribution in [1.82, 2.24) is 14.8 Å². The normalized spacial score (nSPS) is 19.5. The van der Waals surface area contributed by atoms with Gasteiger partial charge in [-0.1, -0.05) is 34.4 Å². The molecule has 2 aromatic rings. The Morgan fingerprint density at radius 1 is 1.09 bits per heavy atom. The minimum absolute atomic E-state index is 0.0790. The maximum absolute atomic E-state index is 13.3. The number of nitrogens with two attached hydrogens (primary N) is 1. The summed E-state index contributed by atoms with van der Waals surface area (Å²) in [5, 5.41) is 5.43. The third kappa shape index (κ3) is 6.08. The number of rotatable bonds is 6. The van der Waals surface area contributed by atoms with Crippen molar-refractivity contribution < 1.29 is 9.63 Å². The quantitative estimate of drug-likeness (QED) is 0.428. The Bertz CT molecular complexity index is 1060. The van der Waals surface area contributed by atoms with Crippen LogP contribution in [0.15, 0.2) is 41.7 Å². The van der Waals surface area contributed by atoms with Gasteiger partial charge in [0.15, 0.2) is 0 Å². The monoisotopic (exact) mass is 517 g/mol. The minimum atomic E-state index is 0.0790. The van der Waals surface area contributed by atoms with E-state index >= 15 is 0 Å². The first kappa shape index (κ1) is 25.7. The van der Waals surface area contributed by atoms with Crippen molar-refractivity contribution in [3.05, 3.63) is 57.7 Å². The number of carbonyl (C=O) groups is 1. The zero-order chi connectivity index (χ0) is 24.9. The fourth-order valence-electron chi connectivity index (χ4n) is 5.24. The second-order valence-corrected chi connectivity index (χ2v) is 10.2. The molecule has 2 aliphatic heterocycles. The molecule has 3 heterocycles. The lowest BCUT2D eigenvalue weighted by atomic mass is 9.87. The smallest absolute Gasteiger partial charge is 0.225 e. The van der Waals surface area contributed by atoms with Gasteiger partial charge in [0.25, 0.3) is 0 Å². The highest BCUT2D eigenvalue weighted by atomic mass is 35.5. The van der Waals surface area contributed by atoms with Crippen molar-refractivity contribution in [2.24, 2.45) is 17.0 Å². The van der Waals surface area contributed by atoms with Crippen LogP contribution in [-0.4, -0.2) is 59.7 Å². The number of piperidine rings is 2. The topological polar surface area (TPSA) is 84.0 Å². The Kier molecular flexibility index (Phi) is 8.52. The number of halogens is 2. The highest BCUT2D eigenvalue weighted by Gasteiger charge is 2.34. The summed E-state index contributed by atoms with van der Waals surface area (Å²) in [6.45, 7) is 5.41. The predicted octanol–water partition coefficient (Wildman–Crippen LogP) is 5.03. The Labute approximate surface area is 217 Å². The van der Waals surface area contributed by atoms with E-state index in [0.29, 0.717) is 29.0 Å². The van der Waals surface area contributed by atoms with Crippen LogP contribution in [0, 0.1) is 11.8 Å². The number of carbonyl (C=O) groups excluding carboxylic acids is 1. The Morgan fingerprint density at radius 3 is 2.40 bits per heavy atom. The van der Waals surface area contributed by atoms with Gasteiger partial charge in [-0.15, -0.1) is 0 Å². The molecule has 7 nitrogen and oxygen atoms in total. The molecule has 4 rings (SSSR count). The summed E-state index contributed by atoms with van der Waals surface area (Å²) in [6.07, 6.45) is 5.16. The minimum Gasteiger partial charge on any atom is -0.399 e. The number of likely N-dealkylation sites (tertiary alicyclic amines) is 2. The van der Waals surface area contributed by atoms with E-state index in [0.717, 1.165) is 50.0 Å². The molecule has 0 radical (unpaired) electrons. The zero-order valence-corrected chi connectivity index (χ0v) is 21.8. The third-order valence-electron chi connectivity index (χ3n) is 7.30. The largest absolute Gasteiger partial charge is 0.399 e. The van der Waals surface area contributed by atoms with Crippen molar-refractivity contribution in [3.63, 3.8) is 0 Å². The van der Waals surface area contributed by atoms with E-state index in [2.05, 4.69) is 22.0 Å². The molecule has 35 heavy (non-hydrogen) atoms. The number of amides is 1. The van der Waals surface area contributed by atoms with Gasteiger partial charge in [-0.2, -0.15) is 0 Å². The summed E-state index contributed by atoms with van der Waals surface area (Å²) in [7, 11) is 1.54. The van der Waals surface area contributed by atoms with Gasteiger partial charge in [0.1, 0.15) is 12.9 Å². The van der Waals surface area contributed by atoms with E-state index in [1.54, 1.807) is 19.4 Å². The third-order valence-corrected chi connectivity index (χ3v) is 7.85. The highest BCUT2D eigenvalue weighted by Crippen LogP contribution is 2.31. The van der Waals surface area contributed by atoms with Crippen LogP contribution in [0.1, 0.15) is 49.8 Å². The summed E-state index contributed by atoms with van der Waals surface area (Å²) in [5.41, 5.74) is 8.67. The average Bonchev–Trinajstić information content (AvgIpc) is 2.87. The number of pyridine rings is 1. The Balaban J connectivity index is 1.32. The maximum Gasteiger partial charge on any atom is 0.225 e. The van der Waals surface area contributed by atoms with Crippen molar-refractivity contribution in [2.45, 2.75) is 38.6 Å². The van der Waals surface area contributed by atoms with Crippen LogP contribution in [0.3, 0.4) is 0 Å². The van der Waals surface area contributed by atoms with Crippen molar-refractivity contribution in [1.29, 1.82) is 0 Å². The van der Waals surface area contributed by atoms with Crippen molar-refractivity contribution >= 4 is 40.6 Å². The molecule has 2 saturated heterocycles. The van der Waals surface area contributed by atoms with Crippen LogP contribution in [0.25, 0.3) is 0 Å². The van der Waals surface area contributed by atoms with E-state index in [-0.39, 0.29) is 23.8 Å². The van der Waals surface area contributed by atoms with E-state index in [9.17, 15) is 4.79 Å². The van der Waals surface area contributed by atoms with Crippen LogP contribution in [0.4, 0.5) is 5.82 Å². The van der Waals surface area contributed by atoms with E-state index in [4.69, 9.17) is 33.8 Å². The molecule has 1 atom stereocenters. The predicted molar refractivity (Wildman–Crippen MR) is 141 cm³/mol. The van der Waals surface area contributed by atoms with Gasteiger partial charge in [-0.3, -0.25) is 9.69 Å². The molecule has 0 spiro atoms. The summed E-state index contributed by atoms with van der Waals surface area (Å²) in [5.74, 6) is 1.07. The zero-order valence-electron chi connectivity index (χ0n) is 20.3. The molecular weight excluding hydrogens is 485 g/mol. The Hall–Kier alpha value is -2.35. The average molecular weight is 518 g/mol. The van der Waals surface area contributed by atoms with E-state index < -0.39 is 0 Å². The van der Waals surface area contributed by atoms with E-state index in [1.165, 1.54) is 5.56 Å². The van der Waals surface area contributed by atoms with Crippen molar-refractivity contribution in [3.8, 4) is 0 Å². The number of nitrogen functional groups attached to an aromatic ring is 1. The number of oxime groups is 1. The van der Waals surface area contributed by atoms with Crippen molar-refractivity contribution in [2.75, 3.05) is 39.0 Å². The highest BCUT2D eigenvalue weighted by molar-refractivity contribution is 6.37. The molecule has 1 unspecified atom stereocenters. The molecule has 2 aliphatic rings. The molecule has 1 aromatic carbocycles. The number of anilines is 1. The molecule has 9 heteroatoms. The van der Waals surface area contributed by atoms with Crippen LogP contribution in [0.5, 0.6) is 0 Å². The lowest BCUT2D eigenvalue weighted by molar-refractivity contribution is -0.138. The van der Waals surface area contributed by atoms with Crippen LogP contribution < -0.4 is 5.73 Å². The first-order valence-electron chi connectivity index (χ1n) is 12.2. The SMILES string of the molecule is CON=C(c1ccc(Cl)cc1Cl)C1CCN(C(=O)C2CCN(C(C)c3ccnc(N)c3)CC2)CC1.